The molecular formula is C19H29N3O3. The summed E-state index contributed by atoms with van der Waals surface area (Å²) in [5.41, 5.74) is 1.70. The van der Waals surface area contributed by atoms with Gasteiger partial charge in [0.25, 0.3) is 5.91 Å². The lowest BCUT2D eigenvalue weighted by molar-refractivity contribution is 0.0690. The number of nitrogens with zero attached hydrogens (tertiary/aromatic N) is 1. The molecule has 1 saturated heterocycles. The zero-order valence-corrected chi connectivity index (χ0v) is 15.2. The number of carboxylic acids is 1. The van der Waals surface area contributed by atoms with Gasteiger partial charge in [0.05, 0.1) is 5.56 Å². The van der Waals surface area contributed by atoms with Gasteiger partial charge in [0.2, 0.25) is 0 Å². The predicted octanol–water partition coefficient (Wildman–Crippen LogP) is 2.71. The highest BCUT2D eigenvalue weighted by atomic mass is 16.4. The molecule has 1 aliphatic carbocycles. The quantitative estimate of drug-likeness (QED) is 0.764. The summed E-state index contributed by atoms with van der Waals surface area (Å²) in [5, 5.41) is 12.2. The standard InChI is InChI=1S/C19H29N3O3/c1-12-16(13(2)21-17(12)19(24)25)18(23)20-10-14-6-5-9-22(11-14)15-7-3-4-8-15/h14-15,21H,3-11H2,1-2H3,(H,20,23)(H,24,25)/t14-/m1/s1. The van der Waals surface area contributed by atoms with Crippen molar-refractivity contribution in [2.45, 2.75) is 58.4 Å². The third kappa shape index (κ3) is 3.89. The van der Waals surface area contributed by atoms with Gasteiger partial charge in [-0.2, -0.15) is 0 Å². The Morgan fingerprint density at radius 3 is 2.56 bits per heavy atom. The number of carboxylic acid groups (broad SMARTS) is 1. The Hall–Kier alpha value is -1.82. The zero-order chi connectivity index (χ0) is 18.0. The van der Waals surface area contributed by atoms with Crippen LogP contribution in [0, 0.1) is 19.8 Å². The van der Waals surface area contributed by atoms with Crippen LogP contribution in [0.15, 0.2) is 0 Å². The third-order valence-electron chi connectivity index (χ3n) is 5.82. The van der Waals surface area contributed by atoms with Crippen molar-refractivity contribution in [3.8, 4) is 0 Å². The number of carbonyl (C=O) groups is 2. The first-order valence-corrected chi connectivity index (χ1v) is 9.42. The van der Waals surface area contributed by atoms with Crippen LogP contribution in [0.1, 0.15) is 70.6 Å². The summed E-state index contributed by atoms with van der Waals surface area (Å²) < 4.78 is 0. The lowest BCUT2D eigenvalue weighted by atomic mass is 9.96. The van der Waals surface area contributed by atoms with Crippen molar-refractivity contribution in [1.82, 2.24) is 15.2 Å². The summed E-state index contributed by atoms with van der Waals surface area (Å²) in [4.78, 5) is 29.2. The van der Waals surface area contributed by atoms with Crippen LogP contribution in [-0.4, -0.2) is 52.5 Å². The molecule has 6 heteroatoms. The van der Waals surface area contributed by atoms with Crippen LogP contribution in [0.25, 0.3) is 0 Å². The smallest absolute Gasteiger partial charge is 0.352 e. The summed E-state index contributed by atoms with van der Waals surface area (Å²) in [6.07, 6.45) is 7.68. The largest absolute Gasteiger partial charge is 0.477 e. The number of piperidine rings is 1. The predicted molar refractivity (Wildman–Crippen MR) is 96.1 cm³/mol. The SMILES string of the molecule is Cc1[nH]c(C(=O)O)c(C)c1C(=O)NC[C@H]1CCCN(C2CCCC2)C1. The molecule has 1 aliphatic heterocycles. The molecule has 2 aliphatic rings. The Kier molecular flexibility index (Phi) is 5.47. The van der Waals surface area contributed by atoms with Crippen LogP contribution >= 0.6 is 0 Å². The van der Waals surface area contributed by atoms with Crippen molar-refractivity contribution in [3.05, 3.63) is 22.5 Å². The van der Waals surface area contributed by atoms with Gasteiger partial charge < -0.3 is 20.3 Å². The molecule has 2 heterocycles. The maximum atomic E-state index is 12.6. The number of aromatic amines is 1. The van der Waals surface area contributed by atoms with E-state index in [1.54, 1.807) is 13.8 Å². The van der Waals surface area contributed by atoms with Gasteiger partial charge in [-0.3, -0.25) is 4.79 Å². The molecule has 6 nitrogen and oxygen atoms in total. The number of aromatic carboxylic acids is 1. The molecule has 1 atom stereocenters. The van der Waals surface area contributed by atoms with Crippen molar-refractivity contribution >= 4 is 11.9 Å². The lowest BCUT2D eigenvalue weighted by Gasteiger charge is -2.36. The second kappa shape index (κ2) is 7.60. The number of hydrogen-bond acceptors (Lipinski definition) is 3. The third-order valence-corrected chi connectivity index (χ3v) is 5.82. The van der Waals surface area contributed by atoms with E-state index < -0.39 is 5.97 Å². The monoisotopic (exact) mass is 347 g/mol. The first kappa shape index (κ1) is 18.0. The summed E-state index contributed by atoms with van der Waals surface area (Å²) >= 11 is 0. The molecule has 2 fully saturated rings. The van der Waals surface area contributed by atoms with Crippen LogP contribution in [-0.2, 0) is 0 Å². The minimum atomic E-state index is -1.03. The molecule has 1 aromatic rings. The molecule has 0 radical (unpaired) electrons. The maximum absolute atomic E-state index is 12.6. The van der Waals surface area contributed by atoms with E-state index in [1.165, 1.54) is 38.6 Å². The van der Waals surface area contributed by atoms with E-state index in [4.69, 9.17) is 0 Å². The second-order valence-electron chi connectivity index (χ2n) is 7.58. The van der Waals surface area contributed by atoms with Crippen molar-refractivity contribution in [1.29, 1.82) is 0 Å². The van der Waals surface area contributed by atoms with E-state index in [9.17, 15) is 14.7 Å². The molecule has 0 aromatic carbocycles. The average molecular weight is 347 g/mol. The Bertz CT molecular complexity index is 647. The van der Waals surface area contributed by atoms with Crippen molar-refractivity contribution < 1.29 is 14.7 Å². The first-order valence-electron chi connectivity index (χ1n) is 9.42. The number of aromatic nitrogens is 1. The van der Waals surface area contributed by atoms with Gasteiger partial charge in [-0.25, -0.2) is 4.79 Å². The second-order valence-corrected chi connectivity index (χ2v) is 7.58. The van der Waals surface area contributed by atoms with Crippen LogP contribution < -0.4 is 5.32 Å². The van der Waals surface area contributed by atoms with Gasteiger partial charge in [-0.1, -0.05) is 12.8 Å². The van der Waals surface area contributed by atoms with E-state index in [0.29, 0.717) is 29.3 Å². The van der Waals surface area contributed by atoms with Crippen LogP contribution in [0.5, 0.6) is 0 Å². The number of hydrogen-bond donors (Lipinski definition) is 3. The van der Waals surface area contributed by atoms with E-state index in [2.05, 4.69) is 15.2 Å². The molecule has 0 bridgehead atoms. The van der Waals surface area contributed by atoms with Crippen LogP contribution in [0.2, 0.25) is 0 Å². The molecule has 0 spiro atoms. The Labute approximate surface area is 149 Å². The zero-order valence-electron chi connectivity index (χ0n) is 15.2. The van der Waals surface area contributed by atoms with Crippen molar-refractivity contribution in [3.63, 3.8) is 0 Å². The van der Waals surface area contributed by atoms with Crippen LogP contribution in [0.3, 0.4) is 0 Å². The summed E-state index contributed by atoms with van der Waals surface area (Å²) in [6, 6.07) is 0.741. The van der Waals surface area contributed by atoms with Gasteiger partial charge in [-0.05, 0) is 57.6 Å². The number of likely N-dealkylation sites (tertiary alicyclic amines) is 1. The molecule has 3 rings (SSSR count). The van der Waals surface area contributed by atoms with Gasteiger partial charge >= 0.3 is 5.97 Å². The Morgan fingerprint density at radius 2 is 1.92 bits per heavy atom. The molecule has 25 heavy (non-hydrogen) atoms. The first-order chi connectivity index (χ1) is 12.0. The summed E-state index contributed by atoms with van der Waals surface area (Å²) in [6.45, 7) is 6.35. The van der Waals surface area contributed by atoms with Crippen molar-refractivity contribution in [2.75, 3.05) is 19.6 Å². The van der Waals surface area contributed by atoms with Gasteiger partial charge in [0.1, 0.15) is 5.69 Å². The fourth-order valence-corrected chi connectivity index (χ4v) is 4.49. The molecule has 1 aromatic heterocycles. The number of H-pyrrole nitrogens is 1. The van der Waals surface area contributed by atoms with Gasteiger partial charge in [0.15, 0.2) is 0 Å². The van der Waals surface area contributed by atoms with E-state index >= 15 is 0 Å². The number of amides is 1. The Morgan fingerprint density at radius 1 is 1.20 bits per heavy atom. The van der Waals surface area contributed by atoms with Gasteiger partial charge in [0, 0.05) is 24.8 Å². The fraction of sp³-hybridized carbons (Fsp3) is 0.684. The molecule has 1 amide bonds. The molecule has 3 N–H and O–H groups in total. The maximum Gasteiger partial charge on any atom is 0.352 e. The highest BCUT2D eigenvalue weighted by Gasteiger charge is 2.28. The molecular weight excluding hydrogens is 318 g/mol. The fourth-order valence-electron chi connectivity index (χ4n) is 4.49. The molecule has 0 unspecified atom stereocenters. The minimum Gasteiger partial charge on any atom is -0.477 e. The number of rotatable bonds is 5. The molecule has 138 valence electrons. The summed E-state index contributed by atoms with van der Waals surface area (Å²) in [5.74, 6) is -0.715. The normalized spacial score (nSPS) is 22.2. The number of carbonyl (C=O) groups excluding carboxylic acids is 1. The number of nitrogens with one attached hydrogen (secondary N) is 2. The van der Waals surface area contributed by atoms with E-state index in [1.807, 2.05) is 0 Å². The number of aryl methyl sites for hydroxylation is 1. The highest BCUT2D eigenvalue weighted by Crippen LogP contribution is 2.27. The molecule has 1 saturated carbocycles. The van der Waals surface area contributed by atoms with Crippen molar-refractivity contribution in [2.24, 2.45) is 5.92 Å². The lowest BCUT2D eigenvalue weighted by Crippen LogP contribution is -2.44. The average Bonchev–Trinajstić information content (AvgIpc) is 3.21. The van der Waals surface area contributed by atoms with E-state index in [0.717, 1.165) is 19.0 Å². The van der Waals surface area contributed by atoms with E-state index in [-0.39, 0.29) is 11.6 Å². The van der Waals surface area contributed by atoms with Crippen LogP contribution in [0.4, 0.5) is 0 Å². The highest BCUT2D eigenvalue weighted by molar-refractivity contribution is 6.00. The van der Waals surface area contributed by atoms with Gasteiger partial charge in [-0.15, -0.1) is 0 Å². The summed E-state index contributed by atoms with van der Waals surface area (Å²) in [7, 11) is 0. The minimum absolute atomic E-state index is 0.104. The topological polar surface area (TPSA) is 85.4 Å². The Balaban J connectivity index is 1.58.